The van der Waals surface area contributed by atoms with Gasteiger partial charge < -0.3 is 9.64 Å². The van der Waals surface area contributed by atoms with Gasteiger partial charge in [-0.25, -0.2) is 12.8 Å². The van der Waals surface area contributed by atoms with E-state index in [1.807, 2.05) is 6.07 Å². The number of halogens is 1. The molecule has 0 saturated carbocycles. The molecule has 3 aromatic carbocycles. The number of rotatable bonds is 7. The van der Waals surface area contributed by atoms with Crippen molar-refractivity contribution in [3.8, 4) is 5.75 Å². The first-order valence-electron chi connectivity index (χ1n) is 10.4. The summed E-state index contributed by atoms with van der Waals surface area (Å²) < 4.78 is 42.6. The van der Waals surface area contributed by atoms with Crippen LogP contribution in [0.3, 0.4) is 0 Å². The van der Waals surface area contributed by atoms with Crippen LogP contribution in [-0.2, 0) is 14.6 Å². The number of amides is 1. The first kappa shape index (κ1) is 22.7. The van der Waals surface area contributed by atoms with Crippen LogP contribution >= 0.6 is 0 Å². The Balaban J connectivity index is 1.44. The fourth-order valence-corrected chi connectivity index (χ4v) is 5.51. The quantitative estimate of drug-likeness (QED) is 0.496. The van der Waals surface area contributed by atoms with E-state index in [1.165, 1.54) is 29.2 Å². The molecular weight excluding hydrogens is 445 g/mol. The standard InChI is InChI=1S/C25H22FNO5S/c26-20-10-6-18(7-11-20)25(29)19-8-12-23(13-9-19)32-16-24(28)27(21-4-2-1-3-5-21)22-14-15-33(30,31)17-22/h1-13,22H,14-17H2. The van der Waals surface area contributed by atoms with Crippen molar-refractivity contribution in [1.82, 2.24) is 0 Å². The molecule has 1 heterocycles. The van der Waals surface area contributed by atoms with Crippen LogP contribution in [-0.4, -0.2) is 44.3 Å². The first-order valence-corrected chi connectivity index (χ1v) is 12.3. The molecule has 1 fully saturated rings. The van der Waals surface area contributed by atoms with Gasteiger partial charge in [0.25, 0.3) is 5.91 Å². The number of carbonyl (C=O) groups excluding carboxylic acids is 2. The highest BCUT2D eigenvalue weighted by atomic mass is 32.2. The maximum Gasteiger partial charge on any atom is 0.265 e. The Morgan fingerprint density at radius 2 is 1.52 bits per heavy atom. The predicted octanol–water partition coefficient (Wildman–Crippen LogP) is 3.66. The maximum atomic E-state index is 13.1. The number of sulfone groups is 1. The molecule has 1 atom stereocenters. The molecule has 3 aromatic rings. The molecule has 1 aliphatic rings. The van der Waals surface area contributed by atoms with Gasteiger partial charge in [0.2, 0.25) is 0 Å². The molecule has 0 N–H and O–H groups in total. The normalized spacial score (nSPS) is 16.8. The zero-order valence-electron chi connectivity index (χ0n) is 17.7. The molecule has 0 radical (unpaired) electrons. The average Bonchev–Trinajstić information content (AvgIpc) is 3.18. The zero-order valence-corrected chi connectivity index (χ0v) is 18.5. The van der Waals surface area contributed by atoms with Crippen molar-refractivity contribution in [2.45, 2.75) is 12.5 Å². The van der Waals surface area contributed by atoms with Gasteiger partial charge in [0.05, 0.1) is 17.5 Å². The van der Waals surface area contributed by atoms with Gasteiger partial charge in [-0.1, -0.05) is 18.2 Å². The number of hydrogen-bond acceptors (Lipinski definition) is 5. The fourth-order valence-electron chi connectivity index (χ4n) is 3.81. The monoisotopic (exact) mass is 467 g/mol. The molecule has 0 bridgehead atoms. The van der Waals surface area contributed by atoms with Crippen LogP contribution in [0.25, 0.3) is 0 Å². The lowest BCUT2D eigenvalue weighted by Gasteiger charge is -2.28. The second-order valence-electron chi connectivity index (χ2n) is 7.81. The number of benzene rings is 3. The molecule has 6 nitrogen and oxygen atoms in total. The number of para-hydroxylation sites is 1. The summed E-state index contributed by atoms with van der Waals surface area (Å²) in [6.45, 7) is -0.281. The number of carbonyl (C=O) groups is 2. The third-order valence-electron chi connectivity index (χ3n) is 5.46. The Kier molecular flexibility index (Phi) is 6.55. The SMILES string of the molecule is O=C(c1ccc(F)cc1)c1ccc(OCC(=O)N(c2ccccc2)C2CCS(=O)(=O)C2)cc1. The van der Waals surface area contributed by atoms with Gasteiger partial charge in [0.15, 0.2) is 22.2 Å². The van der Waals surface area contributed by atoms with Crippen molar-refractivity contribution in [3.05, 3.63) is 95.8 Å². The van der Waals surface area contributed by atoms with Crippen molar-refractivity contribution < 1.29 is 27.1 Å². The molecular formula is C25H22FNO5S. The van der Waals surface area contributed by atoms with E-state index in [2.05, 4.69) is 0 Å². The van der Waals surface area contributed by atoms with Crippen LogP contribution in [0.1, 0.15) is 22.3 Å². The molecule has 0 spiro atoms. The van der Waals surface area contributed by atoms with Crippen LogP contribution in [0.2, 0.25) is 0 Å². The summed E-state index contributed by atoms with van der Waals surface area (Å²) in [5.74, 6) is -0.650. The number of nitrogens with zero attached hydrogens (tertiary/aromatic N) is 1. The van der Waals surface area contributed by atoms with Gasteiger partial charge in [-0.15, -0.1) is 0 Å². The summed E-state index contributed by atoms with van der Waals surface area (Å²) in [4.78, 5) is 27.0. The summed E-state index contributed by atoms with van der Waals surface area (Å²) in [7, 11) is -3.17. The second-order valence-corrected chi connectivity index (χ2v) is 10.0. The van der Waals surface area contributed by atoms with E-state index in [0.29, 0.717) is 29.0 Å². The molecule has 0 aromatic heterocycles. The van der Waals surface area contributed by atoms with E-state index in [9.17, 15) is 22.4 Å². The van der Waals surface area contributed by atoms with Crippen molar-refractivity contribution in [2.75, 3.05) is 23.0 Å². The van der Waals surface area contributed by atoms with E-state index >= 15 is 0 Å². The van der Waals surface area contributed by atoms with Crippen LogP contribution in [0.15, 0.2) is 78.9 Å². The van der Waals surface area contributed by atoms with E-state index in [4.69, 9.17) is 4.74 Å². The van der Waals surface area contributed by atoms with Crippen LogP contribution in [0.5, 0.6) is 5.75 Å². The van der Waals surface area contributed by atoms with Gasteiger partial charge in [-0.2, -0.15) is 0 Å². The summed E-state index contributed by atoms with van der Waals surface area (Å²) in [5, 5.41) is 0. The second kappa shape index (κ2) is 9.54. The molecule has 8 heteroatoms. The first-order chi connectivity index (χ1) is 15.8. The van der Waals surface area contributed by atoms with Crippen molar-refractivity contribution >= 4 is 27.2 Å². The van der Waals surface area contributed by atoms with Crippen LogP contribution in [0.4, 0.5) is 10.1 Å². The van der Waals surface area contributed by atoms with Crippen molar-refractivity contribution in [1.29, 1.82) is 0 Å². The van der Waals surface area contributed by atoms with Gasteiger partial charge >= 0.3 is 0 Å². The predicted molar refractivity (Wildman–Crippen MR) is 123 cm³/mol. The minimum Gasteiger partial charge on any atom is -0.484 e. The number of hydrogen-bond donors (Lipinski definition) is 0. The molecule has 4 rings (SSSR count). The minimum absolute atomic E-state index is 0.0542. The Bertz CT molecular complexity index is 1240. The molecule has 1 saturated heterocycles. The molecule has 0 aliphatic carbocycles. The highest BCUT2D eigenvalue weighted by Gasteiger charge is 2.35. The molecule has 1 amide bonds. The topological polar surface area (TPSA) is 80.8 Å². The summed E-state index contributed by atoms with van der Waals surface area (Å²) in [6.07, 6.45) is 0.378. The summed E-state index contributed by atoms with van der Waals surface area (Å²) in [5.41, 5.74) is 1.39. The van der Waals surface area contributed by atoms with E-state index in [1.54, 1.807) is 48.5 Å². The Morgan fingerprint density at radius 3 is 2.09 bits per heavy atom. The third kappa shape index (κ3) is 5.46. The Morgan fingerprint density at radius 1 is 0.909 bits per heavy atom. The third-order valence-corrected chi connectivity index (χ3v) is 7.21. The zero-order chi connectivity index (χ0) is 23.4. The number of anilines is 1. The molecule has 1 unspecified atom stereocenters. The summed E-state index contributed by atoms with van der Waals surface area (Å²) in [6, 6.07) is 20.1. The lowest BCUT2D eigenvalue weighted by molar-refractivity contribution is -0.121. The van der Waals surface area contributed by atoms with E-state index < -0.39 is 21.7 Å². The average molecular weight is 468 g/mol. The molecule has 1 aliphatic heterocycles. The highest BCUT2D eigenvalue weighted by Crippen LogP contribution is 2.25. The van der Waals surface area contributed by atoms with Gasteiger partial charge in [-0.05, 0) is 67.1 Å². The van der Waals surface area contributed by atoms with Gasteiger partial charge in [0.1, 0.15) is 11.6 Å². The lowest BCUT2D eigenvalue weighted by Crippen LogP contribution is -2.43. The van der Waals surface area contributed by atoms with Crippen LogP contribution in [0, 0.1) is 5.82 Å². The van der Waals surface area contributed by atoms with Gasteiger partial charge in [0, 0.05) is 16.8 Å². The molecule has 33 heavy (non-hydrogen) atoms. The Hall–Kier alpha value is -3.52. The lowest BCUT2D eigenvalue weighted by atomic mass is 10.0. The van der Waals surface area contributed by atoms with Crippen LogP contribution < -0.4 is 9.64 Å². The number of ketones is 1. The van der Waals surface area contributed by atoms with E-state index in [-0.39, 0.29) is 29.8 Å². The smallest absolute Gasteiger partial charge is 0.265 e. The fraction of sp³-hybridized carbons (Fsp3) is 0.200. The summed E-state index contributed by atoms with van der Waals surface area (Å²) >= 11 is 0. The van der Waals surface area contributed by atoms with E-state index in [0.717, 1.165) is 0 Å². The number of ether oxygens (including phenoxy) is 1. The minimum atomic E-state index is -3.17. The molecule has 170 valence electrons. The van der Waals surface area contributed by atoms with Crippen molar-refractivity contribution in [2.24, 2.45) is 0 Å². The Labute approximate surface area is 191 Å². The maximum absolute atomic E-state index is 13.1. The van der Waals surface area contributed by atoms with Gasteiger partial charge in [-0.3, -0.25) is 9.59 Å². The largest absolute Gasteiger partial charge is 0.484 e. The van der Waals surface area contributed by atoms with Crippen molar-refractivity contribution in [3.63, 3.8) is 0 Å². The highest BCUT2D eigenvalue weighted by molar-refractivity contribution is 7.91.